The Balaban J connectivity index is 1.44. The highest BCUT2D eigenvalue weighted by molar-refractivity contribution is 7.18. The van der Waals surface area contributed by atoms with Gasteiger partial charge in [0.15, 0.2) is 0 Å². The van der Waals surface area contributed by atoms with Crippen molar-refractivity contribution in [2.75, 3.05) is 5.32 Å². The van der Waals surface area contributed by atoms with Crippen molar-refractivity contribution in [3.8, 4) is 10.6 Å². The first kappa shape index (κ1) is 17.3. The molecule has 1 N–H and O–H groups in total. The second kappa shape index (κ2) is 7.34. The molecule has 0 radical (unpaired) electrons. The van der Waals surface area contributed by atoms with Gasteiger partial charge < -0.3 is 5.32 Å². The molecule has 138 valence electrons. The fourth-order valence-corrected chi connectivity index (χ4v) is 5.40. The van der Waals surface area contributed by atoms with E-state index in [1.165, 1.54) is 5.56 Å². The van der Waals surface area contributed by atoms with Crippen molar-refractivity contribution in [2.45, 2.75) is 18.3 Å². The molecule has 4 aromatic rings. The Morgan fingerprint density at radius 3 is 2.39 bits per heavy atom. The van der Waals surface area contributed by atoms with E-state index < -0.39 is 0 Å². The Morgan fingerprint density at radius 2 is 1.68 bits per heavy atom. The van der Waals surface area contributed by atoms with Crippen LogP contribution in [0.4, 0.5) is 5.00 Å². The van der Waals surface area contributed by atoms with Gasteiger partial charge in [-0.1, -0.05) is 54.6 Å². The smallest absolute Gasteiger partial charge is 0.256 e. The lowest BCUT2D eigenvalue weighted by Crippen LogP contribution is -2.11. The average molecular weight is 403 g/mol. The molecule has 5 rings (SSSR count). The number of hydrogen-bond donors (Lipinski definition) is 1. The van der Waals surface area contributed by atoms with E-state index in [0.717, 1.165) is 27.0 Å². The fraction of sp³-hybridized carbons (Fsp3) is 0.130. The number of thiophene rings is 1. The summed E-state index contributed by atoms with van der Waals surface area (Å²) in [5.41, 5.74) is 2.91. The van der Waals surface area contributed by atoms with Crippen LogP contribution in [0.5, 0.6) is 0 Å². The topological polar surface area (TPSA) is 42.0 Å². The van der Waals surface area contributed by atoms with E-state index in [1.807, 2.05) is 41.8 Å². The maximum absolute atomic E-state index is 12.7. The van der Waals surface area contributed by atoms with E-state index in [4.69, 9.17) is 4.98 Å². The minimum absolute atomic E-state index is 0.0935. The quantitative estimate of drug-likeness (QED) is 0.420. The van der Waals surface area contributed by atoms with Gasteiger partial charge in [0.25, 0.3) is 5.91 Å². The molecule has 1 saturated carbocycles. The molecule has 0 saturated heterocycles. The molecule has 0 spiro atoms. The normalized spacial score (nSPS) is 18.0. The van der Waals surface area contributed by atoms with Crippen molar-refractivity contribution in [3.63, 3.8) is 0 Å². The molecule has 2 aromatic heterocycles. The van der Waals surface area contributed by atoms with Crippen molar-refractivity contribution >= 4 is 33.6 Å². The lowest BCUT2D eigenvalue weighted by Gasteiger charge is -2.04. The highest BCUT2D eigenvalue weighted by Gasteiger charge is 2.42. The van der Waals surface area contributed by atoms with Crippen LogP contribution < -0.4 is 5.32 Å². The number of amides is 1. The Labute approximate surface area is 171 Å². The summed E-state index contributed by atoms with van der Waals surface area (Å²) < 4.78 is 0. The molecular formula is C23H18N2OS2. The molecule has 1 amide bonds. The van der Waals surface area contributed by atoms with Crippen LogP contribution in [0.25, 0.3) is 10.6 Å². The Morgan fingerprint density at radius 1 is 0.929 bits per heavy atom. The minimum atomic E-state index is -0.0935. The highest BCUT2D eigenvalue weighted by Crippen LogP contribution is 2.56. The van der Waals surface area contributed by atoms with Crippen LogP contribution in [-0.2, 0) is 0 Å². The lowest BCUT2D eigenvalue weighted by molar-refractivity contribution is 0.102. The SMILES string of the molecule is O=C(Nc1sc(C2CC2c2ccccc2)nc1-c1cccs1)c1ccccc1. The van der Waals surface area contributed by atoms with Crippen LogP contribution in [0.3, 0.4) is 0 Å². The zero-order valence-electron chi connectivity index (χ0n) is 15.0. The van der Waals surface area contributed by atoms with Crippen LogP contribution in [0, 0.1) is 0 Å². The first-order chi connectivity index (χ1) is 13.8. The van der Waals surface area contributed by atoms with Gasteiger partial charge in [0.1, 0.15) is 10.7 Å². The third-order valence-electron chi connectivity index (χ3n) is 5.00. The highest BCUT2D eigenvalue weighted by atomic mass is 32.1. The molecule has 3 nitrogen and oxygen atoms in total. The largest absolute Gasteiger partial charge is 0.312 e. The molecular weight excluding hydrogens is 384 g/mol. The van der Waals surface area contributed by atoms with Crippen LogP contribution in [-0.4, -0.2) is 10.9 Å². The van der Waals surface area contributed by atoms with Gasteiger partial charge in [0, 0.05) is 11.5 Å². The van der Waals surface area contributed by atoms with Crippen molar-refractivity contribution in [1.82, 2.24) is 4.98 Å². The Kier molecular flexibility index (Phi) is 4.55. The van der Waals surface area contributed by atoms with Crippen LogP contribution in [0.15, 0.2) is 78.2 Å². The van der Waals surface area contributed by atoms with Gasteiger partial charge >= 0.3 is 0 Å². The Bertz CT molecular complexity index is 1090. The van der Waals surface area contributed by atoms with Gasteiger partial charge in [-0.3, -0.25) is 4.79 Å². The molecule has 2 atom stereocenters. The summed E-state index contributed by atoms with van der Waals surface area (Å²) in [7, 11) is 0. The number of thiazole rings is 1. The number of anilines is 1. The van der Waals surface area contributed by atoms with Gasteiger partial charge in [-0.15, -0.1) is 22.7 Å². The third kappa shape index (κ3) is 3.39. The second-order valence-corrected chi connectivity index (χ2v) is 8.87. The molecule has 5 heteroatoms. The molecule has 0 bridgehead atoms. The van der Waals surface area contributed by atoms with E-state index in [1.54, 1.807) is 22.7 Å². The molecule has 1 aliphatic carbocycles. The molecule has 2 heterocycles. The fourth-order valence-electron chi connectivity index (χ4n) is 3.46. The van der Waals surface area contributed by atoms with Gasteiger partial charge in [-0.2, -0.15) is 0 Å². The summed E-state index contributed by atoms with van der Waals surface area (Å²) in [6.07, 6.45) is 1.12. The number of carbonyl (C=O) groups excluding carboxylic acids is 1. The molecule has 2 unspecified atom stereocenters. The van der Waals surface area contributed by atoms with Crippen LogP contribution in [0.1, 0.15) is 39.2 Å². The zero-order valence-corrected chi connectivity index (χ0v) is 16.7. The van der Waals surface area contributed by atoms with Crippen molar-refractivity contribution in [3.05, 3.63) is 94.3 Å². The van der Waals surface area contributed by atoms with Gasteiger partial charge in [0.05, 0.1) is 9.88 Å². The summed E-state index contributed by atoms with van der Waals surface area (Å²) in [6, 6.07) is 24.0. The summed E-state index contributed by atoms with van der Waals surface area (Å²) in [6.45, 7) is 0. The van der Waals surface area contributed by atoms with Crippen molar-refractivity contribution < 1.29 is 4.79 Å². The maximum Gasteiger partial charge on any atom is 0.256 e. The van der Waals surface area contributed by atoms with Crippen molar-refractivity contribution in [2.24, 2.45) is 0 Å². The van der Waals surface area contributed by atoms with E-state index in [0.29, 0.717) is 17.4 Å². The van der Waals surface area contributed by atoms with Crippen LogP contribution >= 0.6 is 22.7 Å². The summed E-state index contributed by atoms with van der Waals surface area (Å²) in [5, 5.41) is 7.09. The number of nitrogens with zero attached hydrogens (tertiary/aromatic N) is 1. The molecule has 2 aromatic carbocycles. The number of benzene rings is 2. The van der Waals surface area contributed by atoms with Crippen LogP contribution in [0.2, 0.25) is 0 Å². The van der Waals surface area contributed by atoms with Gasteiger partial charge in [0.2, 0.25) is 0 Å². The number of hydrogen-bond acceptors (Lipinski definition) is 4. The van der Waals surface area contributed by atoms with E-state index in [2.05, 4.69) is 41.7 Å². The molecule has 28 heavy (non-hydrogen) atoms. The molecule has 1 aliphatic rings. The van der Waals surface area contributed by atoms with E-state index >= 15 is 0 Å². The number of aromatic nitrogens is 1. The minimum Gasteiger partial charge on any atom is -0.312 e. The first-order valence-electron chi connectivity index (χ1n) is 9.25. The molecule has 0 aliphatic heterocycles. The number of rotatable bonds is 5. The summed E-state index contributed by atoms with van der Waals surface area (Å²) >= 11 is 3.26. The zero-order chi connectivity index (χ0) is 18.9. The first-order valence-corrected chi connectivity index (χ1v) is 10.9. The van der Waals surface area contributed by atoms with E-state index in [-0.39, 0.29) is 5.91 Å². The maximum atomic E-state index is 12.7. The predicted octanol–water partition coefficient (Wildman–Crippen LogP) is 6.40. The third-order valence-corrected chi connectivity index (χ3v) is 6.98. The van der Waals surface area contributed by atoms with Gasteiger partial charge in [-0.05, 0) is 41.5 Å². The summed E-state index contributed by atoms with van der Waals surface area (Å²) in [5.74, 6) is 0.874. The van der Waals surface area contributed by atoms with Gasteiger partial charge in [-0.25, -0.2) is 4.98 Å². The number of carbonyl (C=O) groups is 1. The number of nitrogens with one attached hydrogen (secondary N) is 1. The molecule has 1 fully saturated rings. The standard InChI is InChI=1S/C23H18N2OS2/c26-21(16-10-5-2-6-11-16)25-23-20(19-12-7-13-27-19)24-22(28-23)18-14-17(18)15-8-3-1-4-9-15/h1-13,17-18H,14H2,(H,25,26). The monoisotopic (exact) mass is 402 g/mol. The second-order valence-electron chi connectivity index (χ2n) is 6.89. The lowest BCUT2D eigenvalue weighted by atomic mass is 10.1. The Hall–Kier alpha value is -2.76. The van der Waals surface area contributed by atoms with Crippen molar-refractivity contribution in [1.29, 1.82) is 0 Å². The average Bonchev–Trinajstić information content (AvgIpc) is 3.15. The summed E-state index contributed by atoms with van der Waals surface area (Å²) in [4.78, 5) is 18.7. The van der Waals surface area contributed by atoms with E-state index in [9.17, 15) is 4.79 Å². The predicted molar refractivity (Wildman–Crippen MR) is 116 cm³/mol.